The number of benzene rings is 2. The smallest absolute Gasteiger partial charge is 0.253 e. The van der Waals surface area contributed by atoms with Crippen molar-refractivity contribution in [2.45, 2.75) is 19.4 Å². The Morgan fingerprint density at radius 1 is 1.19 bits per heavy atom. The summed E-state index contributed by atoms with van der Waals surface area (Å²) in [5.41, 5.74) is 4.58. The minimum atomic E-state index is -0.0551. The van der Waals surface area contributed by atoms with Crippen LogP contribution in [0.15, 0.2) is 48.8 Å². The van der Waals surface area contributed by atoms with Crippen LogP contribution in [-0.2, 0) is 4.79 Å². The maximum Gasteiger partial charge on any atom is 0.253 e. The fraction of sp³-hybridized carbons (Fsp3) is 0.250. The normalized spacial score (nSPS) is 16.8. The number of H-pyrrole nitrogens is 1. The van der Waals surface area contributed by atoms with Crippen LogP contribution in [0.25, 0.3) is 22.2 Å². The number of hydrogen-bond acceptors (Lipinski definition) is 3. The average Bonchev–Trinajstić information content (AvgIpc) is 3.29. The summed E-state index contributed by atoms with van der Waals surface area (Å²) in [5.74, 6) is -0.0529. The van der Waals surface area contributed by atoms with Crippen LogP contribution in [0.1, 0.15) is 23.7 Å². The summed E-state index contributed by atoms with van der Waals surface area (Å²) in [6.45, 7) is 2.72. The quantitative estimate of drug-likeness (QED) is 0.764. The first-order valence-corrected chi connectivity index (χ1v) is 8.70. The molecule has 26 heavy (non-hydrogen) atoms. The van der Waals surface area contributed by atoms with Crippen LogP contribution in [0.5, 0.6) is 0 Å². The van der Waals surface area contributed by atoms with E-state index in [9.17, 15) is 9.59 Å². The first-order valence-electron chi connectivity index (χ1n) is 8.70. The van der Waals surface area contributed by atoms with E-state index in [0.29, 0.717) is 18.7 Å². The monoisotopic (exact) mass is 348 g/mol. The van der Waals surface area contributed by atoms with Gasteiger partial charge >= 0.3 is 0 Å². The van der Waals surface area contributed by atoms with Crippen molar-refractivity contribution in [3.63, 3.8) is 0 Å². The molecule has 6 heteroatoms. The van der Waals surface area contributed by atoms with Crippen molar-refractivity contribution in [2.75, 3.05) is 13.1 Å². The molecule has 132 valence electrons. The summed E-state index contributed by atoms with van der Waals surface area (Å²) in [5, 5.41) is 2.89. The van der Waals surface area contributed by atoms with Gasteiger partial charge in [-0.1, -0.05) is 18.2 Å². The second-order valence-electron chi connectivity index (χ2n) is 6.65. The van der Waals surface area contributed by atoms with Gasteiger partial charge in [0, 0.05) is 31.6 Å². The number of nitrogens with zero attached hydrogens (tertiary/aromatic N) is 2. The Balaban J connectivity index is 1.55. The Morgan fingerprint density at radius 2 is 2.04 bits per heavy atom. The number of carbonyl (C=O) groups excluding carboxylic acids is 2. The maximum absolute atomic E-state index is 12.8. The van der Waals surface area contributed by atoms with E-state index in [-0.39, 0.29) is 17.9 Å². The molecule has 0 bridgehead atoms. The van der Waals surface area contributed by atoms with Crippen molar-refractivity contribution in [1.29, 1.82) is 0 Å². The van der Waals surface area contributed by atoms with E-state index < -0.39 is 0 Å². The van der Waals surface area contributed by atoms with Gasteiger partial charge in [0.2, 0.25) is 5.91 Å². The Morgan fingerprint density at radius 3 is 2.88 bits per heavy atom. The van der Waals surface area contributed by atoms with E-state index in [0.717, 1.165) is 28.6 Å². The minimum absolute atomic E-state index is 0.00215. The van der Waals surface area contributed by atoms with Crippen molar-refractivity contribution >= 4 is 22.8 Å². The van der Waals surface area contributed by atoms with Gasteiger partial charge in [0.1, 0.15) is 0 Å². The lowest BCUT2D eigenvalue weighted by molar-refractivity contribution is -0.119. The summed E-state index contributed by atoms with van der Waals surface area (Å²) in [6.07, 6.45) is 2.47. The van der Waals surface area contributed by atoms with Gasteiger partial charge in [-0.05, 0) is 41.8 Å². The lowest BCUT2D eigenvalue weighted by atomic mass is 10.0. The van der Waals surface area contributed by atoms with E-state index >= 15 is 0 Å². The second-order valence-corrected chi connectivity index (χ2v) is 6.65. The average molecular weight is 348 g/mol. The fourth-order valence-electron chi connectivity index (χ4n) is 3.48. The third-order valence-electron chi connectivity index (χ3n) is 4.75. The highest BCUT2D eigenvalue weighted by molar-refractivity contribution is 5.96. The lowest BCUT2D eigenvalue weighted by Gasteiger charge is -2.17. The third kappa shape index (κ3) is 3.18. The molecular weight excluding hydrogens is 328 g/mol. The number of imidazole rings is 1. The van der Waals surface area contributed by atoms with E-state index in [4.69, 9.17) is 0 Å². The van der Waals surface area contributed by atoms with Crippen LogP contribution >= 0.6 is 0 Å². The molecule has 0 saturated carbocycles. The van der Waals surface area contributed by atoms with Crippen LogP contribution < -0.4 is 5.32 Å². The largest absolute Gasteiger partial charge is 0.352 e. The molecule has 1 fully saturated rings. The van der Waals surface area contributed by atoms with Gasteiger partial charge in [-0.25, -0.2) is 4.98 Å². The molecule has 6 nitrogen and oxygen atoms in total. The summed E-state index contributed by atoms with van der Waals surface area (Å²) >= 11 is 0. The highest BCUT2D eigenvalue weighted by atomic mass is 16.2. The molecule has 2 aromatic carbocycles. The Bertz CT molecular complexity index is 979. The number of aromatic amines is 1. The van der Waals surface area contributed by atoms with Crippen LogP contribution in [0.4, 0.5) is 0 Å². The predicted octanol–water partition coefficient (Wildman–Crippen LogP) is 2.58. The molecule has 1 aromatic heterocycles. The summed E-state index contributed by atoms with van der Waals surface area (Å²) in [7, 11) is 0. The van der Waals surface area contributed by atoms with E-state index in [1.165, 1.54) is 6.92 Å². The molecule has 2 heterocycles. The fourth-order valence-corrected chi connectivity index (χ4v) is 3.48. The SMILES string of the molecule is CC(=O)NC1CCN(C(=O)c2cccc(-c3ccc4nc[nH]c4c3)c2)C1. The zero-order valence-corrected chi connectivity index (χ0v) is 14.5. The van der Waals surface area contributed by atoms with E-state index in [2.05, 4.69) is 15.3 Å². The van der Waals surface area contributed by atoms with Gasteiger partial charge < -0.3 is 15.2 Å². The highest BCUT2D eigenvalue weighted by Crippen LogP contribution is 2.24. The third-order valence-corrected chi connectivity index (χ3v) is 4.75. The molecule has 1 atom stereocenters. The number of likely N-dealkylation sites (tertiary alicyclic amines) is 1. The lowest BCUT2D eigenvalue weighted by Crippen LogP contribution is -2.37. The molecule has 3 aromatic rings. The molecular formula is C20H20N4O2. The van der Waals surface area contributed by atoms with Crippen molar-refractivity contribution in [3.8, 4) is 11.1 Å². The summed E-state index contributed by atoms with van der Waals surface area (Å²) < 4.78 is 0. The number of aromatic nitrogens is 2. The van der Waals surface area contributed by atoms with Crippen molar-refractivity contribution in [1.82, 2.24) is 20.2 Å². The zero-order valence-electron chi connectivity index (χ0n) is 14.5. The molecule has 1 unspecified atom stereocenters. The zero-order chi connectivity index (χ0) is 18.1. The van der Waals surface area contributed by atoms with Gasteiger partial charge in [0.05, 0.1) is 17.4 Å². The molecule has 2 amide bonds. The number of amides is 2. The van der Waals surface area contributed by atoms with Crippen molar-refractivity contribution in [3.05, 3.63) is 54.4 Å². The molecule has 1 aliphatic rings. The molecule has 0 aliphatic carbocycles. The molecule has 2 N–H and O–H groups in total. The molecule has 1 saturated heterocycles. The van der Waals surface area contributed by atoms with Gasteiger partial charge in [-0.15, -0.1) is 0 Å². The first-order chi connectivity index (χ1) is 12.6. The first kappa shape index (κ1) is 16.3. The topological polar surface area (TPSA) is 78.1 Å². The number of carbonyl (C=O) groups is 2. The number of nitrogens with one attached hydrogen (secondary N) is 2. The second kappa shape index (κ2) is 6.63. The van der Waals surface area contributed by atoms with Gasteiger partial charge in [-0.3, -0.25) is 9.59 Å². The molecule has 1 aliphatic heterocycles. The van der Waals surface area contributed by atoms with Crippen LogP contribution in [0.3, 0.4) is 0 Å². The summed E-state index contributed by atoms with van der Waals surface area (Å²) in [4.78, 5) is 33.2. The van der Waals surface area contributed by atoms with Crippen molar-refractivity contribution < 1.29 is 9.59 Å². The van der Waals surface area contributed by atoms with Gasteiger partial charge in [-0.2, -0.15) is 0 Å². The Labute approximate surface area is 151 Å². The highest BCUT2D eigenvalue weighted by Gasteiger charge is 2.27. The Kier molecular flexibility index (Phi) is 4.16. The standard InChI is InChI=1S/C20H20N4O2/c1-13(25)23-17-7-8-24(11-17)20(26)16-4-2-3-14(9-16)15-5-6-18-19(10-15)22-12-21-18/h2-6,9-10,12,17H,7-8,11H2,1H3,(H,21,22)(H,23,25). The van der Waals surface area contributed by atoms with Gasteiger partial charge in [0.15, 0.2) is 0 Å². The Hall–Kier alpha value is -3.15. The van der Waals surface area contributed by atoms with E-state index in [1.54, 1.807) is 11.2 Å². The molecule has 0 radical (unpaired) electrons. The number of hydrogen-bond donors (Lipinski definition) is 2. The van der Waals surface area contributed by atoms with Gasteiger partial charge in [0.25, 0.3) is 5.91 Å². The van der Waals surface area contributed by atoms with E-state index in [1.807, 2.05) is 42.5 Å². The van der Waals surface area contributed by atoms with Crippen molar-refractivity contribution in [2.24, 2.45) is 0 Å². The molecule has 4 rings (SSSR count). The predicted molar refractivity (Wildman–Crippen MR) is 99.7 cm³/mol. The number of fused-ring (bicyclic) bond motifs is 1. The van der Waals surface area contributed by atoms with Crippen LogP contribution in [0, 0.1) is 0 Å². The summed E-state index contributed by atoms with van der Waals surface area (Å²) in [6, 6.07) is 13.7. The maximum atomic E-state index is 12.8. The molecule has 0 spiro atoms. The van der Waals surface area contributed by atoms with Crippen LogP contribution in [-0.4, -0.2) is 45.8 Å². The number of rotatable bonds is 3. The van der Waals surface area contributed by atoms with Crippen LogP contribution in [0.2, 0.25) is 0 Å². The minimum Gasteiger partial charge on any atom is -0.352 e.